The molecule has 3 rings (SSSR count). The quantitative estimate of drug-likeness (QED) is 0.778. The Morgan fingerprint density at radius 2 is 2.00 bits per heavy atom. The zero-order valence-corrected chi connectivity index (χ0v) is 15.9. The molecule has 0 aromatic heterocycles. The van der Waals surface area contributed by atoms with Crippen LogP contribution in [-0.4, -0.2) is 12.2 Å². The summed E-state index contributed by atoms with van der Waals surface area (Å²) in [5, 5.41) is 15.9. The van der Waals surface area contributed by atoms with Crippen molar-refractivity contribution in [2.24, 2.45) is 5.92 Å². The number of aromatic hydroxyl groups is 1. The van der Waals surface area contributed by atoms with Gasteiger partial charge in [-0.1, -0.05) is 62.7 Å². The number of hydrogen-bond donors (Lipinski definition) is 2. The average molecular weight is 351 g/mol. The molecule has 1 aliphatic rings. The number of benzene rings is 2. The second-order valence-electron chi connectivity index (χ2n) is 6.68. The van der Waals surface area contributed by atoms with E-state index >= 15 is 0 Å². The lowest BCUT2D eigenvalue weighted by atomic mass is 9.93. The Morgan fingerprint density at radius 1 is 1.12 bits per heavy atom. The third-order valence-corrected chi connectivity index (χ3v) is 5.95. The van der Waals surface area contributed by atoms with Crippen molar-refractivity contribution in [3.8, 4) is 5.75 Å². The van der Waals surface area contributed by atoms with Crippen molar-refractivity contribution in [3.63, 3.8) is 0 Å². The van der Waals surface area contributed by atoms with E-state index in [0.29, 0.717) is 20.2 Å². The van der Waals surface area contributed by atoms with Crippen LogP contribution in [0.15, 0.2) is 60.7 Å². The predicted octanol–water partition coefficient (Wildman–Crippen LogP) is 3.72. The molecule has 2 N–H and O–H groups in total. The van der Waals surface area contributed by atoms with Gasteiger partial charge in [-0.2, -0.15) is 0 Å². The number of rotatable bonds is 6. The number of hydrogen-bond acceptors (Lipinski definition) is 2. The predicted molar refractivity (Wildman–Crippen MR) is 110 cm³/mol. The molecular weight excluding hydrogens is 325 g/mol. The van der Waals surface area contributed by atoms with Gasteiger partial charge in [-0.05, 0) is 61.3 Å². The Hall–Kier alpha value is -1.89. The van der Waals surface area contributed by atoms with Crippen molar-refractivity contribution in [2.45, 2.75) is 26.3 Å². The van der Waals surface area contributed by atoms with Crippen LogP contribution in [0.4, 0.5) is 0 Å². The fraction of sp³-hybridized carbons (Fsp3) is 0.273. The highest BCUT2D eigenvalue weighted by Crippen LogP contribution is 2.24. The summed E-state index contributed by atoms with van der Waals surface area (Å²) in [5.74, 6) is 0.960. The van der Waals surface area contributed by atoms with Gasteiger partial charge in [-0.15, -0.1) is 0 Å². The van der Waals surface area contributed by atoms with Gasteiger partial charge < -0.3 is 10.4 Å². The summed E-state index contributed by atoms with van der Waals surface area (Å²) in [7, 11) is 2.44. The average Bonchev–Trinajstić information content (AvgIpc) is 2.61. The molecule has 0 saturated carbocycles. The van der Waals surface area contributed by atoms with Crippen LogP contribution in [0.25, 0.3) is 0 Å². The van der Waals surface area contributed by atoms with Crippen molar-refractivity contribution in [3.05, 3.63) is 77.4 Å². The van der Waals surface area contributed by atoms with Crippen LogP contribution in [0.3, 0.4) is 0 Å². The number of phenols is 1. The lowest BCUT2D eigenvalue weighted by Gasteiger charge is -2.15. The molecule has 0 radical (unpaired) electrons. The fourth-order valence-electron chi connectivity index (χ4n) is 3.22. The molecule has 2 aromatic carbocycles. The summed E-state index contributed by atoms with van der Waals surface area (Å²) in [6.45, 7) is 2.97. The van der Waals surface area contributed by atoms with Crippen LogP contribution < -0.4 is 15.9 Å². The molecule has 0 amide bonds. The fourth-order valence-corrected chi connectivity index (χ4v) is 4.47. The molecule has 0 spiro atoms. The van der Waals surface area contributed by atoms with Gasteiger partial charge >= 0.3 is 0 Å². The molecule has 0 fully saturated rings. The SMILES string of the molecule is CNCc1cc(C)ccc1Pc1cc(CC2C=CC=CC2)ccc1O. The van der Waals surface area contributed by atoms with Crippen LogP contribution in [-0.2, 0) is 13.0 Å². The van der Waals surface area contributed by atoms with Crippen LogP contribution in [0.2, 0.25) is 0 Å². The normalized spacial score (nSPS) is 16.8. The Labute approximate surface area is 152 Å². The molecule has 2 atom stereocenters. The van der Waals surface area contributed by atoms with E-state index in [2.05, 4.69) is 66.9 Å². The first-order valence-corrected chi connectivity index (χ1v) is 9.82. The molecular formula is C22H26NOP. The van der Waals surface area contributed by atoms with Gasteiger partial charge in [0, 0.05) is 11.8 Å². The molecule has 130 valence electrons. The molecule has 2 nitrogen and oxygen atoms in total. The zero-order chi connectivity index (χ0) is 17.6. The van der Waals surface area contributed by atoms with Gasteiger partial charge in [0.15, 0.2) is 0 Å². The number of aryl methyl sites for hydroxylation is 1. The summed E-state index contributed by atoms with van der Waals surface area (Å²) in [4.78, 5) is 0. The van der Waals surface area contributed by atoms with Crippen LogP contribution in [0, 0.1) is 12.8 Å². The van der Waals surface area contributed by atoms with E-state index in [-0.39, 0.29) is 0 Å². The second-order valence-corrected chi connectivity index (χ2v) is 8.01. The lowest BCUT2D eigenvalue weighted by molar-refractivity contribution is 0.479. The first-order chi connectivity index (χ1) is 12.2. The molecule has 2 unspecified atom stereocenters. The Bertz CT molecular complexity index is 795. The van der Waals surface area contributed by atoms with Crippen molar-refractivity contribution in [2.75, 3.05) is 7.05 Å². The molecule has 25 heavy (non-hydrogen) atoms. The first-order valence-electron chi connectivity index (χ1n) is 8.82. The Morgan fingerprint density at radius 3 is 2.76 bits per heavy atom. The Balaban J connectivity index is 1.81. The van der Waals surface area contributed by atoms with Gasteiger partial charge in [-0.3, -0.25) is 0 Å². The molecule has 3 heteroatoms. The summed E-state index contributed by atoms with van der Waals surface area (Å²) in [6.07, 6.45) is 10.9. The van der Waals surface area contributed by atoms with Crippen molar-refractivity contribution in [1.82, 2.24) is 5.32 Å². The largest absolute Gasteiger partial charge is 0.507 e. The van der Waals surface area contributed by atoms with E-state index in [1.807, 2.05) is 13.1 Å². The number of phenolic OH excluding ortho intramolecular Hbond substituents is 1. The summed E-state index contributed by atoms with van der Waals surface area (Å²) in [5.41, 5.74) is 3.88. The highest BCUT2D eigenvalue weighted by Gasteiger charge is 2.11. The minimum Gasteiger partial charge on any atom is -0.507 e. The maximum atomic E-state index is 10.3. The van der Waals surface area contributed by atoms with Gasteiger partial charge in [0.1, 0.15) is 5.75 Å². The Kier molecular flexibility index (Phi) is 6.07. The maximum absolute atomic E-state index is 10.3. The smallest absolute Gasteiger partial charge is 0.123 e. The molecule has 2 aromatic rings. The molecule has 0 bridgehead atoms. The summed E-state index contributed by atoms with van der Waals surface area (Å²) in [6, 6.07) is 12.7. The molecule has 1 aliphatic carbocycles. The van der Waals surface area contributed by atoms with E-state index in [1.165, 1.54) is 22.0 Å². The van der Waals surface area contributed by atoms with Gasteiger partial charge in [0.25, 0.3) is 0 Å². The van der Waals surface area contributed by atoms with E-state index < -0.39 is 0 Å². The molecule has 0 aliphatic heterocycles. The van der Waals surface area contributed by atoms with Gasteiger partial charge in [0.05, 0.1) is 0 Å². The third kappa shape index (κ3) is 4.81. The minimum atomic E-state index is 0.400. The maximum Gasteiger partial charge on any atom is 0.123 e. The summed E-state index contributed by atoms with van der Waals surface area (Å²) < 4.78 is 0. The van der Waals surface area contributed by atoms with E-state index in [4.69, 9.17) is 0 Å². The van der Waals surface area contributed by atoms with Crippen LogP contribution >= 0.6 is 8.58 Å². The standard InChI is InChI=1S/C22H26NOP/c1-16-8-11-21(19(12-16)15-23-2)25-22-14-18(9-10-20(22)24)13-17-6-4-3-5-7-17/h3-6,8-12,14,17,23-25H,7,13,15H2,1-2H3. The van der Waals surface area contributed by atoms with Crippen LogP contribution in [0.5, 0.6) is 5.75 Å². The second kappa shape index (κ2) is 8.47. The monoisotopic (exact) mass is 351 g/mol. The highest BCUT2D eigenvalue weighted by molar-refractivity contribution is 7.55. The zero-order valence-electron chi connectivity index (χ0n) is 14.9. The molecule has 0 heterocycles. The topological polar surface area (TPSA) is 32.3 Å². The number of nitrogens with one attached hydrogen (secondary N) is 1. The van der Waals surface area contributed by atoms with Gasteiger partial charge in [0.2, 0.25) is 0 Å². The van der Waals surface area contributed by atoms with Gasteiger partial charge in [-0.25, -0.2) is 0 Å². The van der Waals surface area contributed by atoms with Crippen LogP contribution in [0.1, 0.15) is 23.1 Å². The first kappa shape index (κ1) is 17.9. The van der Waals surface area contributed by atoms with Crippen molar-refractivity contribution in [1.29, 1.82) is 0 Å². The van der Waals surface area contributed by atoms with E-state index in [9.17, 15) is 5.11 Å². The summed E-state index contributed by atoms with van der Waals surface area (Å²) >= 11 is 0. The number of allylic oxidation sites excluding steroid dienone is 4. The minimum absolute atomic E-state index is 0.400. The third-order valence-electron chi connectivity index (χ3n) is 4.53. The van der Waals surface area contributed by atoms with Crippen molar-refractivity contribution >= 4 is 19.2 Å². The lowest BCUT2D eigenvalue weighted by Crippen LogP contribution is -2.16. The van der Waals surface area contributed by atoms with E-state index in [0.717, 1.165) is 24.7 Å². The highest BCUT2D eigenvalue weighted by atomic mass is 31.1. The molecule has 0 saturated heterocycles. The van der Waals surface area contributed by atoms with E-state index in [1.54, 1.807) is 0 Å². The van der Waals surface area contributed by atoms with Crippen molar-refractivity contribution < 1.29 is 5.11 Å².